The third-order valence-corrected chi connectivity index (χ3v) is 3.80. The quantitative estimate of drug-likeness (QED) is 0.816. The van der Waals surface area contributed by atoms with Gasteiger partial charge in [0, 0.05) is 12.5 Å². The number of carboxylic acids is 1. The van der Waals surface area contributed by atoms with Crippen molar-refractivity contribution < 1.29 is 9.90 Å². The van der Waals surface area contributed by atoms with Crippen LogP contribution in [-0.4, -0.2) is 35.6 Å². The molecule has 19 heavy (non-hydrogen) atoms. The number of fused-ring (bicyclic) bond motifs is 1. The van der Waals surface area contributed by atoms with Gasteiger partial charge >= 0.3 is 5.97 Å². The number of hydrogen-bond acceptors (Lipinski definition) is 2. The second-order valence-corrected chi connectivity index (χ2v) is 5.16. The second-order valence-electron chi connectivity index (χ2n) is 5.16. The van der Waals surface area contributed by atoms with Crippen LogP contribution in [0.2, 0.25) is 0 Å². The smallest absolute Gasteiger partial charge is 0.303 e. The van der Waals surface area contributed by atoms with E-state index in [1.807, 2.05) is 0 Å². The van der Waals surface area contributed by atoms with Crippen LogP contribution in [0.3, 0.4) is 0 Å². The first-order valence-electron chi connectivity index (χ1n) is 6.65. The lowest BCUT2D eigenvalue weighted by Crippen LogP contribution is -2.33. The van der Waals surface area contributed by atoms with Crippen LogP contribution in [0.25, 0.3) is 0 Å². The number of carbonyl (C=O) groups is 1. The number of halogens is 1. The molecule has 1 aromatic rings. The Labute approximate surface area is 121 Å². The zero-order chi connectivity index (χ0) is 13.0. The maximum atomic E-state index is 10.4. The Morgan fingerprint density at radius 1 is 1.26 bits per heavy atom. The highest BCUT2D eigenvalue weighted by Gasteiger charge is 2.23. The lowest BCUT2D eigenvalue weighted by Gasteiger charge is -2.23. The van der Waals surface area contributed by atoms with Gasteiger partial charge in [-0.3, -0.25) is 4.79 Å². The van der Waals surface area contributed by atoms with Gasteiger partial charge in [0.05, 0.1) is 0 Å². The van der Waals surface area contributed by atoms with E-state index >= 15 is 0 Å². The van der Waals surface area contributed by atoms with Crippen molar-refractivity contribution in [3.63, 3.8) is 0 Å². The zero-order valence-corrected chi connectivity index (χ0v) is 12.2. The molecule has 1 aromatic carbocycles. The maximum Gasteiger partial charge on any atom is 0.303 e. The van der Waals surface area contributed by atoms with E-state index in [1.165, 1.54) is 11.1 Å². The van der Waals surface area contributed by atoms with E-state index in [0.29, 0.717) is 12.5 Å². The molecular formula is C15H22ClNO2. The predicted molar refractivity (Wildman–Crippen MR) is 79.0 cm³/mol. The van der Waals surface area contributed by atoms with E-state index in [-0.39, 0.29) is 12.4 Å². The summed E-state index contributed by atoms with van der Waals surface area (Å²) in [5.74, 6) is -0.689. The van der Waals surface area contributed by atoms with Gasteiger partial charge in [0.2, 0.25) is 0 Å². The topological polar surface area (TPSA) is 40.5 Å². The minimum absolute atomic E-state index is 0. The summed E-state index contributed by atoms with van der Waals surface area (Å²) in [7, 11) is 2.15. The number of benzene rings is 1. The highest BCUT2D eigenvalue weighted by Crippen LogP contribution is 2.24. The average Bonchev–Trinajstić information content (AvgIpc) is 2.78. The number of unbranched alkanes of at least 4 members (excludes halogenated alkanes) is 1. The first-order chi connectivity index (χ1) is 8.66. The Hall–Kier alpha value is -1.06. The molecule has 3 nitrogen and oxygen atoms in total. The molecule has 0 fully saturated rings. The fourth-order valence-electron chi connectivity index (χ4n) is 2.67. The normalized spacial score (nSPS) is 14.2. The molecule has 0 aliphatic heterocycles. The molecule has 0 saturated heterocycles. The lowest BCUT2D eigenvalue weighted by molar-refractivity contribution is -0.137. The van der Waals surface area contributed by atoms with Gasteiger partial charge in [-0.1, -0.05) is 24.3 Å². The molecule has 0 amide bonds. The Balaban J connectivity index is 0.00000180. The van der Waals surface area contributed by atoms with Gasteiger partial charge < -0.3 is 10.0 Å². The van der Waals surface area contributed by atoms with E-state index in [9.17, 15) is 4.79 Å². The van der Waals surface area contributed by atoms with Crippen LogP contribution in [-0.2, 0) is 17.6 Å². The third kappa shape index (κ3) is 4.51. The van der Waals surface area contributed by atoms with Crippen molar-refractivity contribution in [3.8, 4) is 0 Å². The second kappa shape index (κ2) is 7.51. The number of hydrogen-bond donors (Lipinski definition) is 1. The summed E-state index contributed by atoms with van der Waals surface area (Å²) in [6, 6.07) is 9.23. The van der Waals surface area contributed by atoms with E-state index in [0.717, 1.165) is 32.2 Å². The summed E-state index contributed by atoms with van der Waals surface area (Å²) >= 11 is 0. The standard InChI is InChI=1S/C15H21NO2.ClH/c1-16(9-5-4-8-15(17)18)14-10-12-6-2-3-7-13(12)11-14;/h2-3,6-7,14H,4-5,8-11H2,1H3,(H,17,18);1H. The minimum atomic E-state index is -0.689. The first kappa shape index (κ1) is 16.0. The van der Waals surface area contributed by atoms with Crippen molar-refractivity contribution in [3.05, 3.63) is 35.4 Å². The Bertz CT molecular complexity index is 397. The van der Waals surface area contributed by atoms with E-state index < -0.39 is 5.97 Å². The molecular weight excluding hydrogens is 262 g/mol. The number of likely N-dealkylation sites (N-methyl/N-ethyl adjacent to an activating group) is 1. The summed E-state index contributed by atoms with van der Waals surface area (Å²) < 4.78 is 0. The SMILES string of the molecule is CN(CCCCC(=O)O)C1Cc2ccccc2C1.Cl. The molecule has 4 heteroatoms. The van der Waals surface area contributed by atoms with Crippen molar-refractivity contribution >= 4 is 18.4 Å². The summed E-state index contributed by atoms with van der Waals surface area (Å²) in [4.78, 5) is 12.8. The third-order valence-electron chi connectivity index (χ3n) is 3.80. The first-order valence-corrected chi connectivity index (χ1v) is 6.65. The molecule has 0 radical (unpaired) electrons. The van der Waals surface area contributed by atoms with Gasteiger partial charge in [-0.2, -0.15) is 0 Å². The maximum absolute atomic E-state index is 10.4. The summed E-state index contributed by atoms with van der Waals surface area (Å²) in [6.07, 6.45) is 4.30. The summed E-state index contributed by atoms with van der Waals surface area (Å²) in [5, 5.41) is 8.59. The molecule has 0 aromatic heterocycles. The minimum Gasteiger partial charge on any atom is -0.481 e. The zero-order valence-electron chi connectivity index (χ0n) is 11.3. The number of nitrogens with zero attached hydrogens (tertiary/aromatic N) is 1. The van der Waals surface area contributed by atoms with Crippen molar-refractivity contribution in [2.24, 2.45) is 0 Å². The van der Waals surface area contributed by atoms with Crippen molar-refractivity contribution in [2.45, 2.75) is 38.1 Å². The van der Waals surface area contributed by atoms with Crippen LogP contribution in [0.15, 0.2) is 24.3 Å². The van der Waals surface area contributed by atoms with Crippen LogP contribution < -0.4 is 0 Å². The van der Waals surface area contributed by atoms with Gasteiger partial charge in [-0.25, -0.2) is 0 Å². The molecule has 0 spiro atoms. The highest BCUT2D eigenvalue weighted by molar-refractivity contribution is 5.85. The van der Waals surface area contributed by atoms with Crippen molar-refractivity contribution in [2.75, 3.05) is 13.6 Å². The van der Waals surface area contributed by atoms with E-state index in [1.54, 1.807) is 0 Å². The number of rotatable bonds is 6. The average molecular weight is 284 g/mol. The molecule has 0 unspecified atom stereocenters. The molecule has 0 heterocycles. The van der Waals surface area contributed by atoms with Crippen molar-refractivity contribution in [1.29, 1.82) is 0 Å². The Morgan fingerprint density at radius 3 is 2.37 bits per heavy atom. The van der Waals surface area contributed by atoms with Crippen LogP contribution in [0.1, 0.15) is 30.4 Å². The molecule has 1 aliphatic rings. The van der Waals surface area contributed by atoms with Gasteiger partial charge in [0.1, 0.15) is 0 Å². The summed E-state index contributed by atoms with van der Waals surface area (Å²) in [6.45, 7) is 0.992. The predicted octanol–water partition coefficient (Wildman–Crippen LogP) is 2.76. The van der Waals surface area contributed by atoms with E-state index in [2.05, 4.69) is 36.2 Å². The van der Waals surface area contributed by atoms with Gasteiger partial charge in [0.15, 0.2) is 0 Å². The molecule has 0 bridgehead atoms. The molecule has 1 aliphatic carbocycles. The van der Waals surface area contributed by atoms with Crippen LogP contribution in [0.4, 0.5) is 0 Å². The van der Waals surface area contributed by atoms with Gasteiger partial charge in [-0.05, 0) is 50.4 Å². The lowest BCUT2D eigenvalue weighted by atomic mass is 10.1. The van der Waals surface area contributed by atoms with E-state index in [4.69, 9.17) is 5.11 Å². The van der Waals surface area contributed by atoms with Gasteiger partial charge in [-0.15, -0.1) is 12.4 Å². The number of aliphatic carboxylic acids is 1. The fourth-order valence-corrected chi connectivity index (χ4v) is 2.67. The largest absolute Gasteiger partial charge is 0.481 e. The number of carboxylic acid groups (broad SMARTS) is 1. The monoisotopic (exact) mass is 283 g/mol. The Kier molecular flexibility index (Phi) is 6.32. The molecule has 1 N–H and O–H groups in total. The van der Waals surface area contributed by atoms with Gasteiger partial charge in [0.25, 0.3) is 0 Å². The highest BCUT2D eigenvalue weighted by atomic mass is 35.5. The van der Waals surface area contributed by atoms with Crippen LogP contribution in [0, 0.1) is 0 Å². The Morgan fingerprint density at radius 2 is 1.84 bits per heavy atom. The molecule has 2 rings (SSSR count). The molecule has 0 atom stereocenters. The van der Waals surface area contributed by atoms with Crippen molar-refractivity contribution in [1.82, 2.24) is 4.90 Å². The van der Waals surface area contributed by atoms with Crippen LogP contribution >= 0.6 is 12.4 Å². The molecule has 106 valence electrons. The van der Waals surface area contributed by atoms with Crippen LogP contribution in [0.5, 0.6) is 0 Å². The molecule has 0 saturated carbocycles. The fraction of sp³-hybridized carbons (Fsp3) is 0.533. The summed E-state index contributed by atoms with van der Waals surface area (Å²) in [5.41, 5.74) is 2.94.